The van der Waals surface area contributed by atoms with Gasteiger partial charge in [-0.15, -0.1) is 0 Å². The van der Waals surface area contributed by atoms with Crippen molar-refractivity contribution in [3.05, 3.63) is 42.4 Å². The molecule has 31 heavy (non-hydrogen) atoms. The van der Waals surface area contributed by atoms with Crippen molar-refractivity contribution in [1.29, 1.82) is 5.26 Å². The molecule has 0 atom stereocenters. The summed E-state index contributed by atoms with van der Waals surface area (Å²) in [4.78, 5) is 16.2. The van der Waals surface area contributed by atoms with Crippen molar-refractivity contribution in [2.24, 2.45) is 5.92 Å². The molecule has 0 unspecified atom stereocenters. The van der Waals surface area contributed by atoms with Crippen molar-refractivity contribution >= 4 is 17.2 Å². The van der Waals surface area contributed by atoms with Crippen LogP contribution in [0.25, 0.3) is 16.6 Å². The number of hydrogen-bond acceptors (Lipinski definition) is 6. The van der Waals surface area contributed by atoms with Crippen molar-refractivity contribution in [3.8, 4) is 22.9 Å². The number of aliphatic hydroxyl groups is 1. The summed E-state index contributed by atoms with van der Waals surface area (Å²) in [5.74, 6) is 1.28. The van der Waals surface area contributed by atoms with E-state index in [1.165, 1.54) is 0 Å². The fourth-order valence-electron chi connectivity index (χ4n) is 3.96. The van der Waals surface area contributed by atoms with E-state index >= 15 is 0 Å². The molecule has 0 spiro atoms. The topological polar surface area (TPSA) is 113 Å². The molecule has 2 saturated carbocycles. The maximum atomic E-state index is 12.0. The lowest BCUT2D eigenvalue weighted by Gasteiger charge is -2.27. The average Bonchev–Trinajstić information content (AvgIpc) is 3.56. The zero-order valence-corrected chi connectivity index (χ0v) is 17.0. The minimum atomic E-state index is -0.253. The lowest BCUT2D eigenvalue weighted by atomic mass is 9.95. The number of aromatic nitrogens is 3. The van der Waals surface area contributed by atoms with Crippen LogP contribution in [-0.4, -0.2) is 37.8 Å². The van der Waals surface area contributed by atoms with Crippen molar-refractivity contribution in [2.75, 3.05) is 5.32 Å². The van der Waals surface area contributed by atoms with Gasteiger partial charge in [0.15, 0.2) is 5.82 Å². The highest BCUT2D eigenvalue weighted by Crippen LogP contribution is 2.34. The largest absolute Gasteiger partial charge is 0.488 e. The van der Waals surface area contributed by atoms with Gasteiger partial charge in [0.25, 0.3) is 0 Å². The van der Waals surface area contributed by atoms with Crippen LogP contribution in [0.15, 0.2) is 36.7 Å². The van der Waals surface area contributed by atoms with Crippen molar-refractivity contribution in [2.45, 2.75) is 50.7 Å². The molecule has 0 aliphatic heterocycles. The van der Waals surface area contributed by atoms with Gasteiger partial charge in [0.2, 0.25) is 5.91 Å². The quantitative estimate of drug-likeness (QED) is 0.659. The van der Waals surface area contributed by atoms with E-state index in [0.29, 0.717) is 17.3 Å². The standard InChI is InChI=1S/C23H23N5O3/c24-12-16-10-20(21(13-25-16)31-19-5-3-18(29)4-6-19)15-7-8-28-17(9-15)11-22(27-28)26-23(30)14-1-2-14/h7-11,13-14,18-19,29H,1-6H2,(H,26,27,30). The van der Waals surface area contributed by atoms with Crippen LogP contribution >= 0.6 is 0 Å². The first-order chi connectivity index (χ1) is 15.1. The van der Waals surface area contributed by atoms with Crippen molar-refractivity contribution < 1.29 is 14.6 Å². The Hall–Kier alpha value is -3.44. The van der Waals surface area contributed by atoms with Crippen LogP contribution in [0.3, 0.4) is 0 Å². The third-order valence-corrected chi connectivity index (χ3v) is 5.89. The highest BCUT2D eigenvalue weighted by Gasteiger charge is 2.30. The van der Waals surface area contributed by atoms with Gasteiger partial charge in [-0.2, -0.15) is 10.4 Å². The first-order valence-electron chi connectivity index (χ1n) is 10.6. The lowest BCUT2D eigenvalue weighted by Crippen LogP contribution is -2.26. The van der Waals surface area contributed by atoms with Gasteiger partial charge in [-0.25, -0.2) is 9.50 Å². The smallest absolute Gasteiger partial charge is 0.228 e. The molecule has 1 amide bonds. The molecule has 2 N–H and O–H groups in total. The molecule has 2 aliphatic carbocycles. The minimum absolute atomic E-state index is 0.0137. The number of aliphatic hydroxyl groups excluding tert-OH is 1. The molecule has 2 aliphatic rings. The number of nitrogens with one attached hydrogen (secondary N) is 1. The number of amides is 1. The van der Waals surface area contributed by atoms with Crippen LogP contribution in [0.5, 0.6) is 5.75 Å². The Bertz CT molecular complexity index is 1170. The molecule has 0 bridgehead atoms. The predicted molar refractivity (Wildman–Crippen MR) is 113 cm³/mol. The number of carbonyl (C=O) groups excluding carboxylic acids is 1. The third kappa shape index (κ3) is 4.23. The SMILES string of the molecule is N#Cc1cc(-c2ccn3nc(NC(=O)C4CC4)cc3c2)c(OC2CCC(O)CC2)cn1. The molecular formula is C23H23N5O3. The van der Waals surface area contributed by atoms with E-state index in [4.69, 9.17) is 4.74 Å². The molecule has 3 aromatic heterocycles. The summed E-state index contributed by atoms with van der Waals surface area (Å²) in [6, 6.07) is 9.50. The number of carbonyl (C=O) groups is 1. The molecule has 3 aromatic rings. The number of hydrogen-bond donors (Lipinski definition) is 2. The highest BCUT2D eigenvalue weighted by atomic mass is 16.5. The Morgan fingerprint density at radius 3 is 2.74 bits per heavy atom. The van der Waals surface area contributed by atoms with Crippen LogP contribution in [0.2, 0.25) is 0 Å². The first kappa shape index (κ1) is 19.5. The maximum absolute atomic E-state index is 12.0. The predicted octanol–water partition coefficient (Wildman–Crippen LogP) is 3.30. The monoisotopic (exact) mass is 417 g/mol. The first-order valence-corrected chi connectivity index (χ1v) is 10.6. The van der Waals surface area contributed by atoms with Gasteiger partial charge in [-0.3, -0.25) is 4.79 Å². The van der Waals surface area contributed by atoms with Crippen LogP contribution in [0.1, 0.15) is 44.2 Å². The molecular weight excluding hydrogens is 394 g/mol. The number of nitriles is 1. The molecule has 8 heteroatoms. The summed E-state index contributed by atoms with van der Waals surface area (Å²) in [6.07, 6.45) is 8.08. The number of nitrogens with zero attached hydrogens (tertiary/aromatic N) is 4. The van der Waals surface area contributed by atoms with Crippen molar-refractivity contribution in [1.82, 2.24) is 14.6 Å². The van der Waals surface area contributed by atoms with Gasteiger partial charge >= 0.3 is 0 Å². The molecule has 0 aromatic carbocycles. The fourth-order valence-corrected chi connectivity index (χ4v) is 3.96. The number of rotatable bonds is 5. The normalized spacial score (nSPS) is 20.9. The van der Waals surface area contributed by atoms with Gasteiger partial charge in [-0.1, -0.05) is 0 Å². The van der Waals surface area contributed by atoms with Crippen molar-refractivity contribution in [3.63, 3.8) is 0 Å². The van der Waals surface area contributed by atoms with E-state index in [1.54, 1.807) is 16.8 Å². The molecule has 158 valence electrons. The summed E-state index contributed by atoms with van der Waals surface area (Å²) >= 11 is 0. The van der Waals surface area contributed by atoms with Gasteiger partial charge in [0.1, 0.15) is 17.5 Å². The van der Waals surface area contributed by atoms with Crippen LogP contribution in [-0.2, 0) is 4.79 Å². The lowest BCUT2D eigenvalue weighted by molar-refractivity contribution is -0.117. The molecule has 0 saturated heterocycles. The summed E-state index contributed by atoms with van der Waals surface area (Å²) in [5, 5.41) is 26.4. The van der Waals surface area contributed by atoms with Gasteiger partial charge < -0.3 is 15.2 Å². The van der Waals surface area contributed by atoms with E-state index in [1.807, 2.05) is 24.4 Å². The zero-order valence-electron chi connectivity index (χ0n) is 17.0. The second-order valence-corrected chi connectivity index (χ2v) is 8.30. The van der Waals surface area contributed by atoms with Gasteiger partial charge in [0, 0.05) is 23.7 Å². The Balaban J connectivity index is 1.44. The summed E-state index contributed by atoms with van der Waals surface area (Å²) in [6.45, 7) is 0. The number of anilines is 1. The van der Waals surface area contributed by atoms with Crippen LogP contribution in [0, 0.1) is 17.2 Å². The maximum Gasteiger partial charge on any atom is 0.228 e. The molecule has 3 heterocycles. The van der Waals surface area contributed by atoms with Gasteiger partial charge in [0.05, 0.1) is 23.9 Å². The van der Waals surface area contributed by atoms with Crippen LogP contribution in [0.4, 0.5) is 5.82 Å². The van der Waals surface area contributed by atoms with Crippen LogP contribution < -0.4 is 10.1 Å². The molecule has 8 nitrogen and oxygen atoms in total. The van der Waals surface area contributed by atoms with Gasteiger partial charge in [-0.05, 0) is 62.3 Å². The Kier molecular flexibility index (Phi) is 5.04. The highest BCUT2D eigenvalue weighted by molar-refractivity contribution is 5.93. The summed E-state index contributed by atoms with van der Waals surface area (Å²) < 4.78 is 7.94. The van der Waals surface area contributed by atoms with E-state index in [2.05, 4.69) is 21.5 Å². The van der Waals surface area contributed by atoms with E-state index in [0.717, 1.165) is 55.2 Å². The second kappa shape index (κ2) is 8.00. The molecule has 5 rings (SSSR count). The minimum Gasteiger partial charge on any atom is -0.488 e. The van der Waals surface area contributed by atoms with E-state index in [9.17, 15) is 15.2 Å². The third-order valence-electron chi connectivity index (χ3n) is 5.89. The van der Waals surface area contributed by atoms with E-state index < -0.39 is 0 Å². The number of fused-ring (bicyclic) bond motifs is 1. The molecule has 0 radical (unpaired) electrons. The Morgan fingerprint density at radius 2 is 2.00 bits per heavy atom. The Morgan fingerprint density at radius 1 is 1.19 bits per heavy atom. The molecule has 2 fully saturated rings. The Labute approximate surface area is 179 Å². The second-order valence-electron chi connectivity index (χ2n) is 8.30. The summed E-state index contributed by atoms with van der Waals surface area (Å²) in [5.41, 5.74) is 2.79. The fraction of sp³-hybridized carbons (Fsp3) is 0.391. The average molecular weight is 417 g/mol. The zero-order chi connectivity index (χ0) is 21.4. The number of pyridine rings is 2. The summed E-state index contributed by atoms with van der Waals surface area (Å²) in [7, 11) is 0. The number of ether oxygens (including phenoxy) is 1. The van der Waals surface area contributed by atoms with E-state index in [-0.39, 0.29) is 24.0 Å².